The van der Waals surface area contributed by atoms with Crippen LogP contribution in [0.4, 0.5) is 0 Å². The smallest absolute Gasteiger partial charge is 0.283 e. The molecule has 0 fully saturated rings. The lowest BCUT2D eigenvalue weighted by Crippen LogP contribution is -3.00. The molecule has 0 N–H and O–H groups in total. The highest BCUT2D eigenvalue weighted by Crippen LogP contribution is 2.45. The number of hydrogen-bond donors (Lipinski definition) is 0. The van der Waals surface area contributed by atoms with Crippen molar-refractivity contribution in [2.24, 2.45) is 0 Å². The van der Waals surface area contributed by atoms with Crippen molar-refractivity contribution in [1.82, 2.24) is 0 Å². The van der Waals surface area contributed by atoms with E-state index in [1.165, 1.54) is 0 Å². The zero-order chi connectivity index (χ0) is 14.9. The summed E-state index contributed by atoms with van der Waals surface area (Å²) in [5.41, 5.74) is 1.06. The van der Waals surface area contributed by atoms with Crippen LogP contribution in [-0.2, 0) is 5.79 Å². The van der Waals surface area contributed by atoms with Gasteiger partial charge in [0.15, 0.2) is 11.5 Å². The fraction of sp³-hybridized carbons (Fsp3) is 0.333. The Labute approximate surface area is 149 Å². The third kappa shape index (κ3) is 3.55. The van der Waals surface area contributed by atoms with Crippen molar-refractivity contribution in [2.45, 2.75) is 12.2 Å². The quantitative estimate of drug-likeness (QED) is 0.536. The minimum Gasteiger partial charge on any atom is -1.00 e. The van der Waals surface area contributed by atoms with Crippen molar-refractivity contribution in [1.29, 1.82) is 0 Å². The molecular weight excluding hydrogens is 389 g/mol. The van der Waals surface area contributed by atoms with Crippen molar-refractivity contribution in [3.05, 3.63) is 60.2 Å². The Morgan fingerprint density at radius 2 is 1.32 bits per heavy atom. The Morgan fingerprint density at radius 1 is 0.818 bits per heavy atom. The molecule has 0 saturated carbocycles. The Hall–Kier alpha value is -1.27. The van der Waals surface area contributed by atoms with E-state index >= 15 is 0 Å². The average Bonchev–Trinajstić information content (AvgIpc) is 2.85. The molecule has 1 aliphatic heterocycles. The molecule has 1 aliphatic rings. The maximum Gasteiger partial charge on any atom is 0.283 e. The fourth-order valence-electron chi connectivity index (χ4n) is 2.53. The van der Waals surface area contributed by atoms with Gasteiger partial charge in [-0.15, -0.1) is 0 Å². The summed E-state index contributed by atoms with van der Waals surface area (Å²) in [5.74, 6) is 0.932. The van der Waals surface area contributed by atoms with E-state index < -0.39 is 5.79 Å². The molecular formula is C18H22INO2. The van der Waals surface area contributed by atoms with E-state index in [9.17, 15) is 0 Å². The summed E-state index contributed by atoms with van der Waals surface area (Å²) in [7, 11) is 6.54. The Morgan fingerprint density at radius 3 is 1.82 bits per heavy atom. The van der Waals surface area contributed by atoms with Crippen molar-refractivity contribution < 1.29 is 37.9 Å². The molecule has 0 amide bonds. The highest BCUT2D eigenvalue weighted by Gasteiger charge is 2.44. The number of hydrogen-bond acceptors (Lipinski definition) is 2. The third-order valence-electron chi connectivity index (χ3n) is 3.72. The van der Waals surface area contributed by atoms with E-state index in [-0.39, 0.29) is 24.0 Å². The normalized spacial score (nSPS) is 15.2. The number of ether oxygens (including phenoxy) is 2. The van der Waals surface area contributed by atoms with Crippen LogP contribution in [0.15, 0.2) is 54.6 Å². The molecule has 0 aromatic heterocycles. The van der Waals surface area contributed by atoms with Crippen LogP contribution in [0.3, 0.4) is 0 Å². The van der Waals surface area contributed by atoms with Crippen LogP contribution in [-0.4, -0.2) is 32.2 Å². The summed E-state index contributed by atoms with van der Waals surface area (Å²) in [4.78, 5) is 0. The summed E-state index contributed by atoms with van der Waals surface area (Å²) in [6.45, 7) is 0.961. The number of rotatable bonds is 4. The molecule has 0 atom stereocenters. The van der Waals surface area contributed by atoms with Gasteiger partial charge in [-0.3, -0.25) is 0 Å². The van der Waals surface area contributed by atoms with Gasteiger partial charge in [0.2, 0.25) is 0 Å². The summed E-state index contributed by atoms with van der Waals surface area (Å²) in [5, 5.41) is 0. The Balaban J connectivity index is 0.00000176. The van der Waals surface area contributed by atoms with Crippen LogP contribution in [0, 0.1) is 0 Å². The monoisotopic (exact) mass is 411 g/mol. The molecule has 0 radical (unpaired) electrons. The number of halogens is 1. The molecule has 118 valence electrons. The highest BCUT2D eigenvalue weighted by molar-refractivity contribution is 5.44. The molecule has 0 unspecified atom stereocenters. The predicted molar refractivity (Wildman–Crippen MR) is 83.3 cm³/mol. The largest absolute Gasteiger partial charge is 1.00 e. The Kier molecular flexibility index (Phi) is 5.02. The van der Waals surface area contributed by atoms with E-state index in [1.807, 2.05) is 42.5 Å². The summed E-state index contributed by atoms with van der Waals surface area (Å²) >= 11 is 0. The van der Waals surface area contributed by atoms with Crippen LogP contribution in [0.5, 0.6) is 11.5 Å². The maximum absolute atomic E-state index is 6.24. The van der Waals surface area contributed by atoms with Gasteiger partial charge in [0.05, 0.1) is 34.1 Å². The molecule has 22 heavy (non-hydrogen) atoms. The predicted octanol–water partition coefficient (Wildman–Crippen LogP) is 0.411. The number of quaternary nitrogens is 1. The molecule has 3 nitrogen and oxygen atoms in total. The Bertz CT molecular complexity index is 597. The van der Waals surface area contributed by atoms with Crippen LogP contribution in [0.25, 0.3) is 0 Å². The van der Waals surface area contributed by atoms with Crippen molar-refractivity contribution in [3.63, 3.8) is 0 Å². The lowest BCUT2D eigenvalue weighted by Gasteiger charge is -2.32. The van der Waals surface area contributed by atoms with Crippen molar-refractivity contribution in [3.8, 4) is 11.5 Å². The summed E-state index contributed by atoms with van der Waals surface area (Å²) < 4.78 is 13.4. The second-order valence-electron chi connectivity index (χ2n) is 6.53. The molecule has 0 saturated heterocycles. The summed E-state index contributed by atoms with van der Waals surface area (Å²) in [6.07, 6.45) is 0.801. The van der Waals surface area contributed by atoms with E-state index in [0.717, 1.165) is 34.5 Å². The van der Waals surface area contributed by atoms with Gasteiger partial charge in [-0.25, -0.2) is 0 Å². The number of benzene rings is 2. The zero-order valence-electron chi connectivity index (χ0n) is 13.3. The lowest BCUT2D eigenvalue weighted by atomic mass is 10.0. The lowest BCUT2D eigenvalue weighted by molar-refractivity contribution is -0.871. The first kappa shape index (κ1) is 17.1. The van der Waals surface area contributed by atoms with Gasteiger partial charge < -0.3 is 37.9 Å². The fourth-order valence-corrected chi connectivity index (χ4v) is 2.53. The van der Waals surface area contributed by atoms with Gasteiger partial charge in [0.1, 0.15) is 0 Å². The van der Waals surface area contributed by atoms with Gasteiger partial charge >= 0.3 is 0 Å². The first-order chi connectivity index (χ1) is 9.99. The minimum atomic E-state index is -0.712. The van der Waals surface area contributed by atoms with Crippen molar-refractivity contribution >= 4 is 0 Å². The molecule has 3 rings (SSSR count). The minimum absolute atomic E-state index is 0. The number of nitrogens with zero attached hydrogens (tertiary/aromatic N) is 1. The van der Waals surface area contributed by atoms with Crippen LogP contribution < -0.4 is 33.5 Å². The molecule has 2 aromatic rings. The molecule has 0 bridgehead atoms. The van der Waals surface area contributed by atoms with Crippen LogP contribution in [0.1, 0.15) is 12.0 Å². The van der Waals surface area contributed by atoms with E-state index in [2.05, 4.69) is 33.3 Å². The van der Waals surface area contributed by atoms with Gasteiger partial charge in [-0.1, -0.05) is 42.5 Å². The second-order valence-corrected chi connectivity index (χ2v) is 6.53. The second kappa shape index (κ2) is 6.46. The first-order valence-electron chi connectivity index (χ1n) is 7.32. The van der Waals surface area contributed by atoms with Gasteiger partial charge in [0.25, 0.3) is 5.79 Å². The van der Waals surface area contributed by atoms with Crippen molar-refractivity contribution in [2.75, 3.05) is 27.7 Å². The van der Waals surface area contributed by atoms with Crippen LogP contribution in [0.2, 0.25) is 0 Å². The molecule has 0 aliphatic carbocycles. The van der Waals surface area contributed by atoms with Gasteiger partial charge in [0, 0.05) is 5.56 Å². The number of para-hydroxylation sites is 2. The van der Waals surface area contributed by atoms with E-state index in [0.29, 0.717) is 0 Å². The highest BCUT2D eigenvalue weighted by atomic mass is 127. The zero-order valence-corrected chi connectivity index (χ0v) is 15.4. The maximum atomic E-state index is 6.24. The molecule has 4 heteroatoms. The average molecular weight is 411 g/mol. The van der Waals surface area contributed by atoms with E-state index in [4.69, 9.17) is 9.47 Å². The first-order valence-corrected chi connectivity index (χ1v) is 7.32. The SMILES string of the molecule is C[N+](C)(C)CCC1(c2ccccc2)Oc2ccccc2O1.[I-]. The summed E-state index contributed by atoms with van der Waals surface area (Å²) in [6, 6.07) is 18.1. The van der Waals surface area contributed by atoms with Gasteiger partial charge in [-0.2, -0.15) is 0 Å². The topological polar surface area (TPSA) is 18.5 Å². The molecule has 1 heterocycles. The number of fused-ring (bicyclic) bond motifs is 1. The third-order valence-corrected chi connectivity index (χ3v) is 3.72. The van der Waals surface area contributed by atoms with Crippen LogP contribution >= 0.6 is 0 Å². The molecule has 0 spiro atoms. The van der Waals surface area contributed by atoms with Gasteiger partial charge in [-0.05, 0) is 12.1 Å². The van der Waals surface area contributed by atoms with E-state index in [1.54, 1.807) is 0 Å². The molecule has 2 aromatic carbocycles. The standard InChI is InChI=1S/C18H22NO2.HI/c1-19(2,3)14-13-18(15-9-5-4-6-10-15)20-16-11-7-8-12-17(16)21-18;/h4-12H,13-14H2,1-3H3;1H/q+1;/p-1.